The van der Waals surface area contributed by atoms with E-state index in [0.717, 1.165) is 0 Å². The topological polar surface area (TPSA) is 92.0 Å². The van der Waals surface area contributed by atoms with Gasteiger partial charge >= 0.3 is 0 Å². The van der Waals surface area contributed by atoms with E-state index in [-0.39, 0.29) is 25.5 Å². The summed E-state index contributed by atoms with van der Waals surface area (Å²) in [5, 5.41) is 11.7. The fraction of sp³-hybridized carbons (Fsp3) is 0.500. The molecular weight excluding hydrogens is 252 g/mol. The Balaban J connectivity index is 2.32. The molecule has 106 valence electrons. The van der Waals surface area contributed by atoms with Crippen LogP contribution in [-0.2, 0) is 9.53 Å². The molecule has 1 rings (SSSR count). The van der Waals surface area contributed by atoms with E-state index in [2.05, 4.69) is 5.32 Å². The van der Waals surface area contributed by atoms with Gasteiger partial charge in [0.15, 0.2) is 5.76 Å². The number of carbonyl (C=O) groups is 2. The minimum absolute atomic E-state index is 0.00672. The predicted octanol–water partition coefficient (Wildman–Crippen LogP) is -0.525. The molecule has 0 radical (unpaired) electrons. The number of hydrogen-bond acceptors (Lipinski definition) is 6. The molecule has 1 atom stereocenters. The fourth-order valence-corrected chi connectivity index (χ4v) is 1.55. The Morgan fingerprint density at radius 2 is 2.32 bits per heavy atom. The van der Waals surface area contributed by atoms with E-state index in [1.165, 1.54) is 19.4 Å². The molecule has 0 saturated heterocycles. The number of imide groups is 1. The zero-order chi connectivity index (χ0) is 14.3. The number of furan rings is 1. The van der Waals surface area contributed by atoms with Gasteiger partial charge < -0.3 is 14.3 Å². The Morgan fingerprint density at radius 1 is 1.58 bits per heavy atom. The average Bonchev–Trinajstić information content (AvgIpc) is 2.81. The van der Waals surface area contributed by atoms with Crippen molar-refractivity contribution < 1.29 is 23.8 Å². The molecule has 7 nitrogen and oxygen atoms in total. The lowest BCUT2D eigenvalue weighted by molar-refractivity contribution is -0.121. The third-order valence-electron chi connectivity index (χ3n) is 2.29. The van der Waals surface area contributed by atoms with Crippen LogP contribution in [-0.4, -0.2) is 61.8 Å². The van der Waals surface area contributed by atoms with Gasteiger partial charge in [-0.1, -0.05) is 0 Å². The Morgan fingerprint density at radius 3 is 2.89 bits per heavy atom. The van der Waals surface area contributed by atoms with Crippen LogP contribution in [0.3, 0.4) is 0 Å². The maximum absolute atomic E-state index is 11.6. The van der Waals surface area contributed by atoms with Crippen LogP contribution in [0.1, 0.15) is 10.6 Å². The third kappa shape index (κ3) is 5.64. The number of methoxy groups -OCH3 is 1. The molecule has 2 N–H and O–H groups in total. The Hall–Kier alpha value is -1.70. The van der Waals surface area contributed by atoms with E-state index in [9.17, 15) is 14.7 Å². The van der Waals surface area contributed by atoms with E-state index in [4.69, 9.17) is 9.15 Å². The highest BCUT2D eigenvalue weighted by molar-refractivity contribution is 6.03. The number of carbonyl (C=O) groups excluding carboxylic acids is 2. The van der Waals surface area contributed by atoms with Gasteiger partial charge in [-0.3, -0.25) is 19.8 Å². The lowest BCUT2D eigenvalue weighted by Gasteiger charge is -2.19. The number of nitrogens with one attached hydrogen (secondary N) is 1. The summed E-state index contributed by atoms with van der Waals surface area (Å²) in [6, 6.07) is 3.03. The first kappa shape index (κ1) is 15.4. The van der Waals surface area contributed by atoms with E-state index in [1.807, 2.05) is 0 Å². The van der Waals surface area contributed by atoms with Gasteiger partial charge in [-0.05, 0) is 19.2 Å². The van der Waals surface area contributed by atoms with Crippen LogP contribution in [0.15, 0.2) is 22.8 Å². The number of likely N-dealkylation sites (N-methyl/N-ethyl adjacent to an activating group) is 1. The van der Waals surface area contributed by atoms with Crippen molar-refractivity contribution in [2.75, 3.05) is 33.9 Å². The number of amides is 2. The Kier molecular flexibility index (Phi) is 6.20. The quantitative estimate of drug-likeness (QED) is 0.692. The molecular formula is C12H18N2O5. The number of hydrogen-bond donors (Lipinski definition) is 2. The van der Waals surface area contributed by atoms with Crippen molar-refractivity contribution in [3.63, 3.8) is 0 Å². The average molecular weight is 270 g/mol. The zero-order valence-electron chi connectivity index (χ0n) is 11.0. The van der Waals surface area contributed by atoms with Gasteiger partial charge in [0.25, 0.3) is 5.91 Å². The van der Waals surface area contributed by atoms with Crippen molar-refractivity contribution in [3.05, 3.63) is 24.2 Å². The van der Waals surface area contributed by atoms with Gasteiger partial charge in [0, 0.05) is 13.7 Å². The van der Waals surface area contributed by atoms with Crippen LogP contribution in [0.25, 0.3) is 0 Å². The standard InChI is InChI=1S/C12H18N2O5/c1-14(6-9(15)8-18-2)7-11(16)13-12(17)10-4-3-5-19-10/h3-5,9,15H,6-8H2,1-2H3,(H,13,16,17). The summed E-state index contributed by atoms with van der Waals surface area (Å²) in [7, 11) is 3.15. The van der Waals surface area contributed by atoms with Gasteiger partial charge in [0.05, 0.1) is 25.5 Å². The van der Waals surface area contributed by atoms with Gasteiger partial charge in [0.2, 0.25) is 5.91 Å². The van der Waals surface area contributed by atoms with Crippen molar-refractivity contribution >= 4 is 11.8 Å². The van der Waals surface area contributed by atoms with E-state index in [1.54, 1.807) is 18.0 Å². The van der Waals surface area contributed by atoms with Crippen LogP contribution < -0.4 is 5.32 Å². The highest BCUT2D eigenvalue weighted by Gasteiger charge is 2.15. The molecule has 1 aromatic heterocycles. The van der Waals surface area contributed by atoms with E-state index < -0.39 is 17.9 Å². The predicted molar refractivity (Wildman–Crippen MR) is 66.6 cm³/mol. The molecule has 0 saturated carbocycles. The van der Waals surface area contributed by atoms with Crippen LogP contribution in [0, 0.1) is 0 Å². The summed E-state index contributed by atoms with van der Waals surface area (Å²) in [6.45, 7) is 0.459. The smallest absolute Gasteiger partial charge is 0.293 e. The van der Waals surface area contributed by atoms with Crippen molar-refractivity contribution in [1.29, 1.82) is 0 Å². The van der Waals surface area contributed by atoms with Crippen molar-refractivity contribution in [2.45, 2.75) is 6.10 Å². The summed E-state index contributed by atoms with van der Waals surface area (Å²) < 4.78 is 9.64. The highest BCUT2D eigenvalue weighted by Crippen LogP contribution is 1.99. The molecule has 0 aliphatic carbocycles. The van der Waals surface area contributed by atoms with Crippen LogP contribution >= 0.6 is 0 Å². The van der Waals surface area contributed by atoms with Gasteiger partial charge in [0.1, 0.15) is 0 Å². The maximum atomic E-state index is 11.6. The first-order chi connectivity index (χ1) is 9.02. The molecule has 0 fully saturated rings. The second-order valence-corrected chi connectivity index (χ2v) is 4.16. The van der Waals surface area contributed by atoms with Crippen LogP contribution in [0.5, 0.6) is 0 Å². The van der Waals surface area contributed by atoms with Crippen molar-refractivity contribution in [3.8, 4) is 0 Å². The molecule has 1 heterocycles. The first-order valence-corrected chi connectivity index (χ1v) is 5.76. The summed E-state index contributed by atoms with van der Waals surface area (Å²) in [5.74, 6) is -0.968. The molecule has 19 heavy (non-hydrogen) atoms. The normalized spacial score (nSPS) is 12.4. The molecule has 1 aromatic rings. The number of ether oxygens (including phenoxy) is 1. The summed E-state index contributed by atoms with van der Waals surface area (Å²) in [5.41, 5.74) is 0. The second-order valence-electron chi connectivity index (χ2n) is 4.16. The van der Waals surface area contributed by atoms with Gasteiger partial charge in [-0.15, -0.1) is 0 Å². The molecule has 7 heteroatoms. The van der Waals surface area contributed by atoms with E-state index >= 15 is 0 Å². The third-order valence-corrected chi connectivity index (χ3v) is 2.29. The minimum atomic E-state index is -0.677. The second kappa shape index (κ2) is 7.67. The molecule has 0 aliphatic rings. The monoisotopic (exact) mass is 270 g/mol. The molecule has 0 aliphatic heterocycles. The van der Waals surface area contributed by atoms with E-state index in [0.29, 0.717) is 0 Å². The van der Waals surface area contributed by atoms with Crippen molar-refractivity contribution in [1.82, 2.24) is 10.2 Å². The van der Waals surface area contributed by atoms with Crippen LogP contribution in [0.2, 0.25) is 0 Å². The zero-order valence-corrected chi connectivity index (χ0v) is 11.0. The highest BCUT2D eigenvalue weighted by atomic mass is 16.5. The number of aliphatic hydroxyl groups excluding tert-OH is 1. The number of rotatable bonds is 7. The molecule has 0 spiro atoms. The number of aliphatic hydroxyl groups is 1. The summed E-state index contributed by atoms with van der Waals surface area (Å²) >= 11 is 0. The first-order valence-electron chi connectivity index (χ1n) is 5.76. The molecule has 0 bridgehead atoms. The molecule has 2 amide bonds. The fourth-order valence-electron chi connectivity index (χ4n) is 1.55. The van der Waals surface area contributed by atoms with Crippen LogP contribution in [0.4, 0.5) is 0 Å². The number of nitrogens with zero attached hydrogens (tertiary/aromatic N) is 1. The Bertz CT molecular complexity index is 404. The maximum Gasteiger partial charge on any atom is 0.293 e. The minimum Gasteiger partial charge on any atom is -0.459 e. The molecule has 1 unspecified atom stereocenters. The lowest BCUT2D eigenvalue weighted by Crippen LogP contribution is -2.41. The summed E-state index contributed by atoms with van der Waals surface area (Å²) in [6.07, 6.45) is 0.677. The Labute approximate surface area is 111 Å². The molecule has 0 aromatic carbocycles. The lowest BCUT2D eigenvalue weighted by atomic mass is 10.3. The SMILES string of the molecule is COCC(O)CN(C)CC(=O)NC(=O)c1ccco1. The summed E-state index contributed by atoms with van der Waals surface area (Å²) in [4.78, 5) is 24.7. The van der Waals surface area contributed by atoms with Crippen molar-refractivity contribution in [2.24, 2.45) is 0 Å². The van der Waals surface area contributed by atoms with Gasteiger partial charge in [-0.2, -0.15) is 0 Å². The largest absolute Gasteiger partial charge is 0.459 e. The van der Waals surface area contributed by atoms with Gasteiger partial charge in [-0.25, -0.2) is 0 Å².